The summed E-state index contributed by atoms with van der Waals surface area (Å²) in [5, 5.41) is 14.2. The maximum Gasteiger partial charge on any atom is 0.271 e. The molecule has 10 nitrogen and oxygen atoms in total. The van der Waals surface area contributed by atoms with Gasteiger partial charge in [-0.25, -0.2) is 0 Å². The van der Waals surface area contributed by atoms with Crippen LogP contribution in [0.3, 0.4) is 0 Å². The molecule has 5 rings (SSSR count). The first-order valence-corrected chi connectivity index (χ1v) is 11.7. The molecule has 2 aliphatic rings. The molecule has 190 valence electrons. The van der Waals surface area contributed by atoms with E-state index in [1.807, 2.05) is 24.3 Å². The third-order valence-corrected chi connectivity index (χ3v) is 6.96. The van der Waals surface area contributed by atoms with Gasteiger partial charge in [0, 0.05) is 24.2 Å². The molecular formula is C27H25N3O7. The monoisotopic (exact) mass is 503 g/mol. The zero-order chi connectivity index (χ0) is 26.3. The number of fused-ring (bicyclic) bond motifs is 4. The fourth-order valence-electron chi connectivity index (χ4n) is 5.25. The van der Waals surface area contributed by atoms with E-state index in [0.717, 1.165) is 11.1 Å². The van der Waals surface area contributed by atoms with Crippen molar-refractivity contribution < 1.29 is 28.7 Å². The van der Waals surface area contributed by atoms with Gasteiger partial charge in [-0.2, -0.15) is 0 Å². The summed E-state index contributed by atoms with van der Waals surface area (Å²) in [6, 6.07) is 14.4. The van der Waals surface area contributed by atoms with Gasteiger partial charge in [0.1, 0.15) is 5.75 Å². The molecule has 0 aliphatic carbocycles. The quantitative estimate of drug-likeness (QED) is 0.397. The van der Waals surface area contributed by atoms with Gasteiger partial charge in [-0.05, 0) is 41.3 Å². The normalized spacial score (nSPS) is 17.7. The topological polar surface area (TPSA) is 120 Å². The number of nitro groups is 1. The first kappa shape index (κ1) is 24.1. The summed E-state index contributed by atoms with van der Waals surface area (Å²) in [5.41, 5.74) is 2.75. The number of hydrogen-bond donors (Lipinski definition) is 1. The van der Waals surface area contributed by atoms with Crippen LogP contribution in [0.5, 0.6) is 17.2 Å². The number of nitrogens with one attached hydrogen (secondary N) is 1. The summed E-state index contributed by atoms with van der Waals surface area (Å²) in [4.78, 5) is 40.3. The molecule has 0 saturated heterocycles. The van der Waals surface area contributed by atoms with Crippen molar-refractivity contribution in [2.24, 2.45) is 0 Å². The number of carbonyl (C=O) groups excluding carboxylic acids is 2. The number of ether oxygens (including phenoxy) is 3. The van der Waals surface area contributed by atoms with Crippen molar-refractivity contribution in [3.63, 3.8) is 0 Å². The Morgan fingerprint density at radius 1 is 0.973 bits per heavy atom. The lowest BCUT2D eigenvalue weighted by atomic mass is 9.75. The van der Waals surface area contributed by atoms with E-state index >= 15 is 0 Å². The van der Waals surface area contributed by atoms with Crippen molar-refractivity contribution in [1.29, 1.82) is 0 Å². The molecule has 1 N–H and O–H groups in total. The second kappa shape index (κ2) is 9.45. The molecule has 0 fully saturated rings. The van der Waals surface area contributed by atoms with Gasteiger partial charge < -0.3 is 24.4 Å². The Balaban J connectivity index is 1.68. The van der Waals surface area contributed by atoms with E-state index in [0.29, 0.717) is 35.6 Å². The summed E-state index contributed by atoms with van der Waals surface area (Å²) in [5.74, 6) is -0.432. The van der Waals surface area contributed by atoms with E-state index in [1.165, 1.54) is 39.5 Å². The minimum Gasteiger partial charge on any atom is -0.495 e. The van der Waals surface area contributed by atoms with E-state index in [2.05, 4.69) is 5.32 Å². The molecule has 0 bridgehead atoms. The SMILES string of the molecule is COc1ccc([N+](=O)[O-])cc1NC(=O)[C@H]1c2cc(OC)c(OC)cc2C(=O)N2CCc3ccccc3[C@@H]12. The molecule has 2 atom stereocenters. The fraction of sp³-hybridized carbons (Fsp3) is 0.259. The van der Waals surface area contributed by atoms with E-state index in [-0.39, 0.29) is 23.0 Å². The molecule has 0 saturated carbocycles. The molecule has 10 heteroatoms. The van der Waals surface area contributed by atoms with Crippen molar-refractivity contribution >= 4 is 23.2 Å². The number of methoxy groups -OCH3 is 3. The Labute approximate surface area is 212 Å². The number of non-ortho nitro benzene ring substituents is 1. The van der Waals surface area contributed by atoms with Crippen LogP contribution in [-0.2, 0) is 11.2 Å². The summed E-state index contributed by atoms with van der Waals surface area (Å²) < 4.78 is 16.3. The van der Waals surface area contributed by atoms with Gasteiger partial charge in [-0.1, -0.05) is 24.3 Å². The van der Waals surface area contributed by atoms with Gasteiger partial charge in [-0.15, -0.1) is 0 Å². The van der Waals surface area contributed by atoms with E-state index in [9.17, 15) is 19.7 Å². The zero-order valence-corrected chi connectivity index (χ0v) is 20.5. The lowest BCUT2D eigenvalue weighted by Crippen LogP contribution is -2.49. The van der Waals surface area contributed by atoms with Gasteiger partial charge >= 0.3 is 0 Å². The minimum absolute atomic E-state index is 0.163. The third-order valence-electron chi connectivity index (χ3n) is 6.96. The van der Waals surface area contributed by atoms with Gasteiger partial charge in [0.15, 0.2) is 11.5 Å². The highest BCUT2D eigenvalue weighted by atomic mass is 16.6. The number of anilines is 1. The highest BCUT2D eigenvalue weighted by Gasteiger charge is 2.47. The molecule has 3 aromatic rings. The maximum atomic E-state index is 14.1. The Morgan fingerprint density at radius 2 is 1.68 bits per heavy atom. The average Bonchev–Trinajstić information content (AvgIpc) is 2.92. The molecule has 2 heterocycles. The number of carbonyl (C=O) groups is 2. The van der Waals surface area contributed by atoms with Crippen molar-refractivity contribution in [2.45, 2.75) is 18.4 Å². The molecule has 2 amide bonds. The summed E-state index contributed by atoms with van der Waals surface area (Å²) >= 11 is 0. The lowest BCUT2D eigenvalue weighted by molar-refractivity contribution is -0.384. The van der Waals surface area contributed by atoms with Crippen LogP contribution in [0.1, 0.15) is 39.0 Å². The van der Waals surface area contributed by atoms with Crippen LogP contribution >= 0.6 is 0 Å². The summed E-state index contributed by atoms with van der Waals surface area (Å²) in [6.07, 6.45) is 0.661. The van der Waals surface area contributed by atoms with Gasteiger partial charge in [0.05, 0.1) is 43.9 Å². The van der Waals surface area contributed by atoms with Gasteiger partial charge in [0.2, 0.25) is 5.91 Å². The van der Waals surface area contributed by atoms with Crippen LogP contribution in [0, 0.1) is 10.1 Å². The number of benzene rings is 3. The Hall–Kier alpha value is -4.60. The van der Waals surface area contributed by atoms with Crippen LogP contribution in [-0.4, -0.2) is 49.5 Å². The van der Waals surface area contributed by atoms with Crippen LogP contribution in [0.25, 0.3) is 0 Å². The standard InChI is InChI=1S/C27H25N3O7/c1-35-21-9-8-16(30(33)34)12-20(21)28-26(31)24-18-13-22(36-2)23(37-3)14-19(18)27(32)29-11-10-15-6-4-5-7-17(15)25(24)29/h4-9,12-14,24-25H,10-11H2,1-3H3,(H,28,31)/t24-,25-/m0/s1. The van der Waals surface area contributed by atoms with Gasteiger partial charge in [-0.3, -0.25) is 19.7 Å². The van der Waals surface area contributed by atoms with Crippen molar-refractivity contribution in [2.75, 3.05) is 33.2 Å². The predicted octanol–water partition coefficient (Wildman–Crippen LogP) is 4.10. The lowest BCUT2D eigenvalue weighted by Gasteiger charge is -2.45. The minimum atomic E-state index is -0.835. The first-order chi connectivity index (χ1) is 17.9. The zero-order valence-electron chi connectivity index (χ0n) is 20.5. The van der Waals surface area contributed by atoms with Crippen LogP contribution < -0.4 is 19.5 Å². The molecule has 2 aliphatic heterocycles. The van der Waals surface area contributed by atoms with Crippen molar-refractivity contribution in [1.82, 2.24) is 4.90 Å². The highest BCUT2D eigenvalue weighted by Crippen LogP contribution is 2.49. The predicted molar refractivity (Wildman–Crippen MR) is 134 cm³/mol. The molecule has 37 heavy (non-hydrogen) atoms. The Bertz CT molecular complexity index is 1420. The second-order valence-corrected chi connectivity index (χ2v) is 8.80. The molecule has 3 aromatic carbocycles. The van der Waals surface area contributed by atoms with Crippen molar-refractivity contribution in [3.05, 3.63) is 87.0 Å². The molecule has 0 radical (unpaired) electrons. The average molecular weight is 504 g/mol. The second-order valence-electron chi connectivity index (χ2n) is 8.80. The van der Waals surface area contributed by atoms with E-state index < -0.39 is 22.8 Å². The maximum absolute atomic E-state index is 14.1. The van der Waals surface area contributed by atoms with Crippen LogP contribution in [0.4, 0.5) is 11.4 Å². The third kappa shape index (κ3) is 4.00. The molecule has 0 spiro atoms. The number of rotatable bonds is 6. The van der Waals surface area contributed by atoms with Gasteiger partial charge in [0.25, 0.3) is 11.6 Å². The van der Waals surface area contributed by atoms with Crippen LogP contribution in [0.15, 0.2) is 54.6 Å². The van der Waals surface area contributed by atoms with E-state index in [4.69, 9.17) is 14.2 Å². The molecule has 0 aromatic heterocycles. The number of hydrogen-bond acceptors (Lipinski definition) is 7. The van der Waals surface area contributed by atoms with Crippen molar-refractivity contribution in [3.8, 4) is 17.2 Å². The number of nitrogens with zero attached hydrogens (tertiary/aromatic N) is 2. The molecule has 0 unspecified atom stereocenters. The number of amides is 2. The summed E-state index contributed by atoms with van der Waals surface area (Å²) in [6.45, 7) is 0.443. The van der Waals surface area contributed by atoms with Crippen LogP contribution in [0.2, 0.25) is 0 Å². The fourth-order valence-corrected chi connectivity index (χ4v) is 5.25. The smallest absolute Gasteiger partial charge is 0.271 e. The first-order valence-electron chi connectivity index (χ1n) is 11.7. The number of nitro benzene ring substituents is 1. The largest absolute Gasteiger partial charge is 0.495 e. The highest BCUT2D eigenvalue weighted by molar-refractivity contribution is 6.05. The van der Waals surface area contributed by atoms with E-state index in [1.54, 1.807) is 17.0 Å². The Kier molecular flexibility index (Phi) is 6.16. The Morgan fingerprint density at radius 3 is 2.38 bits per heavy atom. The summed E-state index contributed by atoms with van der Waals surface area (Å²) in [7, 11) is 4.39. The molecular weight excluding hydrogens is 478 g/mol.